The van der Waals surface area contributed by atoms with Crippen molar-refractivity contribution in [2.45, 2.75) is 0 Å². The van der Waals surface area contributed by atoms with Crippen LogP contribution in [0.25, 0.3) is 20.3 Å². The summed E-state index contributed by atoms with van der Waals surface area (Å²) in [6.07, 6.45) is 1.58. The molecule has 0 amide bonds. The number of benzene rings is 2. The minimum absolute atomic E-state index is 0.0113. The second-order valence-electron chi connectivity index (χ2n) is 5.02. The minimum atomic E-state index is -0.220. The molecule has 0 saturated heterocycles. The van der Waals surface area contributed by atoms with Gasteiger partial charge in [0.2, 0.25) is 0 Å². The summed E-state index contributed by atoms with van der Waals surface area (Å²) < 4.78 is 1.15. The number of thiophene rings is 1. The van der Waals surface area contributed by atoms with Gasteiger partial charge in [-0.2, -0.15) is 0 Å². The van der Waals surface area contributed by atoms with E-state index in [2.05, 4.69) is 4.98 Å². The highest BCUT2D eigenvalue weighted by Gasteiger charge is 2.15. The SMILES string of the molecule is O=C(c1cnc2sc3ccccc3c2c1)c1ccccc1O. The number of aromatic nitrogens is 1. The highest BCUT2D eigenvalue weighted by Crippen LogP contribution is 2.33. The summed E-state index contributed by atoms with van der Waals surface area (Å²) in [5, 5.41) is 11.9. The van der Waals surface area contributed by atoms with Crippen molar-refractivity contribution in [2.75, 3.05) is 0 Å². The average molecular weight is 305 g/mol. The van der Waals surface area contributed by atoms with Gasteiger partial charge >= 0.3 is 0 Å². The average Bonchev–Trinajstić information content (AvgIpc) is 2.92. The van der Waals surface area contributed by atoms with E-state index in [0.717, 1.165) is 20.3 Å². The first kappa shape index (κ1) is 13.0. The van der Waals surface area contributed by atoms with Crippen molar-refractivity contribution in [2.24, 2.45) is 0 Å². The van der Waals surface area contributed by atoms with Crippen LogP contribution in [0.3, 0.4) is 0 Å². The van der Waals surface area contributed by atoms with Gasteiger partial charge in [0, 0.05) is 27.2 Å². The molecule has 106 valence electrons. The Morgan fingerprint density at radius 2 is 1.77 bits per heavy atom. The molecular weight excluding hydrogens is 294 g/mol. The number of carbonyl (C=O) groups excluding carboxylic acids is 1. The maximum atomic E-state index is 12.6. The third kappa shape index (κ3) is 1.96. The number of aromatic hydroxyl groups is 1. The molecule has 4 heteroatoms. The Morgan fingerprint density at radius 3 is 2.64 bits per heavy atom. The number of phenolic OH excluding ortho intramolecular Hbond substituents is 1. The molecule has 0 spiro atoms. The van der Waals surface area contributed by atoms with Crippen LogP contribution in [0.1, 0.15) is 15.9 Å². The third-order valence-corrected chi connectivity index (χ3v) is 4.74. The van der Waals surface area contributed by atoms with Crippen molar-refractivity contribution in [3.8, 4) is 5.75 Å². The van der Waals surface area contributed by atoms with Crippen LogP contribution < -0.4 is 0 Å². The van der Waals surface area contributed by atoms with E-state index in [0.29, 0.717) is 11.1 Å². The van der Waals surface area contributed by atoms with E-state index in [4.69, 9.17) is 0 Å². The summed E-state index contributed by atoms with van der Waals surface area (Å²) in [6, 6.07) is 16.5. The minimum Gasteiger partial charge on any atom is -0.507 e. The van der Waals surface area contributed by atoms with Crippen LogP contribution in [0.4, 0.5) is 0 Å². The van der Waals surface area contributed by atoms with Gasteiger partial charge < -0.3 is 5.11 Å². The first-order valence-electron chi connectivity index (χ1n) is 6.84. The molecule has 2 heterocycles. The number of carbonyl (C=O) groups is 1. The van der Waals surface area contributed by atoms with Gasteiger partial charge in [-0.25, -0.2) is 4.98 Å². The Kier molecular flexibility index (Phi) is 2.91. The van der Waals surface area contributed by atoms with Crippen LogP contribution >= 0.6 is 11.3 Å². The van der Waals surface area contributed by atoms with E-state index in [-0.39, 0.29) is 11.5 Å². The molecule has 0 unspecified atom stereocenters. The van der Waals surface area contributed by atoms with E-state index < -0.39 is 0 Å². The van der Waals surface area contributed by atoms with Gasteiger partial charge in [-0.1, -0.05) is 30.3 Å². The number of para-hydroxylation sites is 1. The lowest BCUT2D eigenvalue weighted by atomic mass is 10.0. The Morgan fingerprint density at radius 1 is 1.00 bits per heavy atom. The monoisotopic (exact) mass is 305 g/mol. The summed E-state index contributed by atoms with van der Waals surface area (Å²) in [7, 11) is 0. The van der Waals surface area contributed by atoms with Crippen LogP contribution in [-0.2, 0) is 0 Å². The van der Waals surface area contributed by atoms with Crippen molar-refractivity contribution in [1.29, 1.82) is 0 Å². The summed E-state index contributed by atoms with van der Waals surface area (Å²) in [4.78, 5) is 17.9. The van der Waals surface area contributed by atoms with E-state index in [9.17, 15) is 9.90 Å². The van der Waals surface area contributed by atoms with Crippen molar-refractivity contribution >= 4 is 37.4 Å². The summed E-state index contributed by atoms with van der Waals surface area (Å²) in [6.45, 7) is 0. The predicted octanol–water partition coefficient (Wildman–Crippen LogP) is 4.39. The van der Waals surface area contributed by atoms with Crippen molar-refractivity contribution in [3.63, 3.8) is 0 Å². The zero-order chi connectivity index (χ0) is 15.1. The van der Waals surface area contributed by atoms with Gasteiger partial charge in [-0.15, -0.1) is 11.3 Å². The number of ketones is 1. The van der Waals surface area contributed by atoms with Crippen molar-refractivity contribution in [1.82, 2.24) is 4.98 Å². The standard InChI is InChI=1S/C18H11NO2S/c20-15-7-3-1-6-13(15)17(21)11-9-14-12-5-2-4-8-16(12)22-18(14)19-10-11/h1-10,20H. The van der Waals surface area contributed by atoms with Gasteiger partial charge in [0.25, 0.3) is 0 Å². The highest BCUT2D eigenvalue weighted by molar-refractivity contribution is 7.25. The molecule has 2 aromatic heterocycles. The summed E-state index contributed by atoms with van der Waals surface area (Å²) >= 11 is 1.61. The molecule has 0 atom stereocenters. The number of nitrogens with zero attached hydrogens (tertiary/aromatic N) is 1. The topological polar surface area (TPSA) is 50.2 Å². The highest BCUT2D eigenvalue weighted by atomic mass is 32.1. The molecule has 0 fully saturated rings. The molecule has 1 N–H and O–H groups in total. The molecule has 3 nitrogen and oxygen atoms in total. The van der Waals surface area contributed by atoms with E-state index >= 15 is 0 Å². The molecule has 0 aliphatic carbocycles. The van der Waals surface area contributed by atoms with E-state index in [1.54, 1.807) is 35.7 Å². The van der Waals surface area contributed by atoms with Crippen LogP contribution in [0.2, 0.25) is 0 Å². The molecular formula is C18H11NO2S. The van der Waals surface area contributed by atoms with Gasteiger partial charge in [-0.05, 0) is 24.3 Å². The first-order chi connectivity index (χ1) is 10.7. The van der Waals surface area contributed by atoms with Gasteiger partial charge in [-0.3, -0.25) is 4.79 Å². The number of rotatable bonds is 2. The molecule has 0 aliphatic heterocycles. The quantitative estimate of drug-likeness (QED) is 0.559. The Hall–Kier alpha value is -2.72. The van der Waals surface area contributed by atoms with Crippen LogP contribution in [0.5, 0.6) is 5.75 Å². The fraction of sp³-hybridized carbons (Fsp3) is 0. The van der Waals surface area contributed by atoms with Crippen molar-refractivity contribution < 1.29 is 9.90 Å². The molecule has 0 aliphatic rings. The lowest BCUT2D eigenvalue weighted by molar-refractivity contribution is 0.103. The molecule has 2 aromatic carbocycles. The van der Waals surface area contributed by atoms with Gasteiger partial charge in [0.15, 0.2) is 5.78 Å². The van der Waals surface area contributed by atoms with E-state index in [1.807, 2.05) is 30.3 Å². The lowest BCUT2D eigenvalue weighted by Crippen LogP contribution is -2.01. The summed E-state index contributed by atoms with van der Waals surface area (Å²) in [5.74, 6) is -0.231. The normalized spacial score (nSPS) is 11.1. The maximum absolute atomic E-state index is 12.6. The van der Waals surface area contributed by atoms with E-state index in [1.165, 1.54) is 6.07 Å². The van der Waals surface area contributed by atoms with Gasteiger partial charge in [0.1, 0.15) is 10.6 Å². The first-order valence-corrected chi connectivity index (χ1v) is 7.66. The fourth-order valence-electron chi connectivity index (χ4n) is 2.55. The van der Waals surface area contributed by atoms with Gasteiger partial charge in [0.05, 0.1) is 5.56 Å². The number of pyridine rings is 1. The maximum Gasteiger partial charge on any atom is 0.198 e. The van der Waals surface area contributed by atoms with Crippen molar-refractivity contribution in [3.05, 3.63) is 71.9 Å². The predicted molar refractivity (Wildman–Crippen MR) is 88.7 cm³/mol. The largest absolute Gasteiger partial charge is 0.507 e. The zero-order valence-corrected chi connectivity index (χ0v) is 12.3. The van der Waals surface area contributed by atoms with Crippen LogP contribution in [0, 0.1) is 0 Å². The van der Waals surface area contributed by atoms with Crippen LogP contribution in [0.15, 0.2) is 60.8 Å². The third-order valence-electron chi connectivity index (χ3n) is 3.65. The smallest absolute Gasteiger partial charge is 0.198 e. The molecule has 0 bridgehead atoms. The number of hydrogen-bond acceptors (Lipinski definition) is 4. The molecule has 0 saturated carbocycles. The second kappa shape index (κ2) is 4.93. The molecule has 22 heavy (non-hydrogen) atoms. The number of fused-ring (bicyclic) bond motifs is 3. The Balaban J connectivity index is 1.91. The molecule has 4 rings (SSSR count). The number of hydrogen-bond donors (Lipinski definition) is 1. The fourth-order valence-corrected chi connectivity index (χ4v) is 3.58. The second-order valence-corrected chi connectivity index (χ2v) is 6.05. The molecule has 4 aromatic rings. The van der Waals surface area contributed by atoms with Crippen LogP contribution in [-0.4, -0.2) is 15.9 Å². The Bertz CT molecular complexity index is 1020. The molecule has 0 radical (unpaired) electrons. The zero-order valence-electron chi connectivity index (χ0n) is 11.5. The summed E-state index contributed by atoms with van der Waals surface area (Å²) in [5.41, 5.74) is 0.778. The lowest BCUT2D eigenvalue weighted by Gasteiger charge is -2.03. The Labute approximate surface area is 130 Å². The number of phenols is 1.